The van der Waals surface area contributed by atoms with Gasteiger partial charge in [-0.2, -0.15) is 0 Å². The summed E-state index contributed by atoms with van der Waals surface area (Å²) in [6.45, 7) is 5.05. The zero-order chi connectivity index (χ0) is 21.1. The molecule has 4 aliphatic carbocycles. The Hall–Kier alpha value is -1.13. The number of hydrogen-bond acceptors (Lipinski definition) is 4. The molecule has 8 unspecified atom stereocenters. The van der Waals surface area contributed by atoms with E-state index in [-0.39, 0.29) is 16.6 Å². The van der Waals surface area contributed by atoms with Gasteiger partial charge < -0.3 is 13.9 Å². The Morgan fingerprint density at radius 3 is 2.50 bits per heavy atom. The van der Waals surface area contributed by atoms with Gasteiger partial charge in [-0.25, -0.2) is 4.79 Å². The Morgan fingerprint density at radius 2 is 1.80 bits per heavy atom. The van der Waals surface area contributed by atoms with E-state index in [0.717, 1.165) is 24.7 Å². The Balaban J connectivity index is 1.49. The highest BCUT2D eigenvalue weighted by Gasteiger charge is 2.68. The van der Waals surface area contributed by atoms with Crippen molar-refractivity contribution < 1.29 is 13.9 Å². The molecule has 5 rings (SSSR count). The third kappa shape index (κ3) is 2.68. The number of fused-ring (bicyclic) bond motifs is 5. The van der Waals surface area contributed by atoms with Gasteiger partial charge in [-0.1, -0.05) is 13.8 Å². The summed E-state index contributed by atoms with van der Waals surface area (Å²) in [4.78, 5) is 11.5. The molecule has 0 radical (unpaired) electrons. The Labute approximate surface area is 180 Å². The standard InChI is InChI=1S/C26H38O4/c1-24-12-9-19(28-3)15-18(24)6-7-22-21(24)10-13-25(2)20(11-14-26(22,25)29-4)17-5-8-23(27)30-16-17/h5,8,16,18-22H,6-7,9-15H2,1-4H3. The molecule has 1 heterocycles. The molecule has 4 aliphatic rings. The summed E-state index contributed by atoms with van der Waals surface area (Å²) in [6, 6.07) is 3.57. The molecule has 0 aliphatic heterocycles. The van der Waals surface area contributed by atoms with Gasteiger partial charge in [0.25, 0.3) is 0 Å². The topological polar surface area (TPSA) is 48.7 Å². The second kappa shape index (κ2) is 7.20. The maximum absolute atomic E-state index is 11.5. The van der Waals surface area contributed by atoms with Gasteiger partial charge >= 0.3 is 5.63 Å². The Morgan fingerprint density at radius 1 is 0.967 bits per heavy atom. The summed E-state index contributed by atoms with van der Waals surface area (Å²) in [5, 5.41) is 0. The fourth-order valence-corrected chi connectivity index (χ4v) is 8.96. The van der Waals surface area contributed by atoms with Crippen molar-refractivity contribution in [3.05, 3.63) is 34.4 Å². The summed E-state index contributed by atoms with van der Waals surface area (Å²) >= 11 is 0. The number of ether oxygens (including phenoxy) is 2. The highest BCUT2D eigenvalue weighted by Crippen LogP contribution is 2.71. The molecule has 166 valence electrons. The summed E-state index contributed by atoms with van der Waals surface area (Å²) in [6.07, 6.45) is 13.2. The van der Waals surface area contributed by atoms with Crippen LogP contribution in [0.3, 0.4) is 0 Å². The van der Waals surface area contributed by atoms with Crippen molar-refractivity contribution in [2.24, 2.45) is 28.6 Å². The van der Waals surface area contributed by atoms with Gasteiger partial charge in [0.15, 0.2) is 0 Å². The first-order valence-corrected chi connectivity index (χ1v) is 12.0. The molecule has 8 atom stereocenters. The predicted octanol–water partition coefficient (Wildman–Crippen LogP) is 5.55. The van der Waals surface area contributed by atoms with Gasteiger partial charge in [-0.05, 0) is 98.5 Å². The van der Waals surface area contributed by atoms with Crippen molar-refractivity contribution in [1.29, 1.82) is 0 Å². The Bertz CT molecular complexity index is 827. The van der Waals surface area contributed by atoms with E-state index in [1.807, 2.05) is 20.3 Å². The molecule has 0 aromatic carbocycles. The molecule has 0 bridgehead atoms. The highest BCUT2D eigenvalue weighted by atomic mass is 16.5. The zero-order valence-electron chi connectivity index (χ0n) is 19.1. The van der Waals surface area contributed by atoms with Crippen LogP contribution in [0.15, 0.2) is 27.6 Å². The third-order valence-corrected chi connectivity index (χ3v) is 10.6. The van der Waals surface area contributed by atoms with Crippen LogP contribution < -0.4 is 5.63 Å². The largest absolute Gasteiger partial charge is 0.431 e. The van der Waals surface area contributed by atoms with Crippen LogP contribution >= 0.6 is 0 Å². The van der Waals surface area contributed by atoms with Crippen LogP contribution in [0, 0.1) is 28.6 Å². The second-order valence-corrected chi connectivity index (χ2v) is 11.2. The minimum atomic E-state index is -0.262. The van der Waals surface area contributed by atoms with Gasteiger partial charge in [-0.3, -0.25) is 0 Å². The summed E-state index contributed by atoms with van der Waals surface area (Å²) in [5.41, 5.74) is 1.36. The first kappa shape index (κ1) is 20.8. The van der Waals surface area contributed by atoms with Crippen LogP contribution in [0.2, 0.25) is 0 Å². The molecule has 1 aromatic heterocycles. The monoisotopic (exact) mass is 414 g/mol. The fraction of sp³-hybridized carbons (Fsp3) is 0.808. The molecular formula is C26H38O4. The summed E-state index contributed by atoms with van der Waals surface area (Å²) in [7, 11) is 3.85. The van der Waals surface area contributed by atoms with E-state index >= 15 is 0 Å². The highest BCUT2D eigenvalue weighted by molar-refractivity contribution is 5.27. The molecule has 0 spiro atoms. The van der Waals surface area contributed by atoms with Crippen LogP contribution in [-0.2, 0) is 9.47 Å². The van der Waals surface area contributed by atoms with Crippen molar-refractivity contribution in [3.63, 3.8) is 0 Å². The van der Waals surface area contributed by atoms with Crippen LogP contribution in [0.4, 0.5) is 0 Å². The van der Waals surface area contributed by atoms with E-state index < -0.39 is 0 Å². The average Bonchev–Trinajstić information content (AvgIpc) is 3.07. The van der Waals surface area contributed by atoms with Gasteiger partial charge in [0.1, 0.15) is 0 Å². The molecular weight excluding hydrogens is 376 g/mol. The van der Waals surface area contributed by atoms with E-state index in [1.54, 1.807) is 12.3 Å². The maximum atomic E-state index is 11.5. The molecule has 0 N–H and O–H groups in total. The summed E-state index contributed by atoms with van der Waals surface area (Å²) < 4.78 is 17.6. The van der Waals surface area contributed by atoms with Crippen LogP contribution in [-0.4, -0.2) is 25.9 Å². The van der Waals surface area contributed by atoms with Crippen molar-refractivity contribution >= 4 is 0 Å². The van der Waals surface area contributed by atoms with Crippen molar-refractivity contribution in [2.45, 2.75) is 89.3 Å². The van der Waals surface area contributed by atoms with E-state index in [4.69, 9.17) is 13.9 Å². The van der Waals surface area contributed by atoms with Gasteiger partial charge in [0.05, 0.1) is 18.0 Å². The lowest BCUT2D eigenvalue weighted by molar-refractivity contribution is -0.219. The van der Waals surface area contributed by atoms with E-state index in [2.05, 4.69) is 13.8 Å². The number of rotatable bonds is 3. The maximum Gasteiger partial charge on any atom is 0.335 e. The first-order chi connectivity index (χ1) is 14.4. The second-order valence-electron chi connectivity index (χ2n) is 11.2. The van der Waals surface area contributed by atoms with Gasteiger partial charge in [0, 0.05) is 25.7 Å². The number of methoxy groups -OCH3 is 2. The molecule has 4 heteroatoms. The quantitative estimate of drug-likeness (QED) is 0.651. The predicted molar refractivity (Wildman–Crippen MR) is 116 cm³/mol. The lowest BCUT2D eigenvalue weighted by atomic mass is 9.43. The molecule has 0 amide bonds. The fourth-order valence-electron chi connectivity index (χ4n) is 8.96. The molecule has 4 nitrogen and oxygen atoms in total. The van der Waals surface area contributed by atoms with Crippen molar-refractivity contribution in [2.75, 3.05) is 14.2 Å². The summed E-state index contributed by atoms with van der Waals surface area (Å²) in [5.74, 6) is 2.56. The lowest BCUT2D eigenvalue weighted by Crippen LogP contribution is -2.62. The zero-order valence-corrected chi connectivity index (χ0v) is 19.1. The van der Waals surface area contributed by atoms with Gasteiger partial charge in [-0.15, -0.1) is 0 Å². The molecule has 4 saturated carbocycles. The Kier molecular flexibility index (Phi) is 4.98. The van der Waals surface area contributed by atoms with Gasteiger partial charge in [0.2, 0.25) is 0 Å². The number of hydrogen-bond donors (Lipinski definition) is 0. The lowest BCUT2D eigenvalue weighted by Gasteiger charge is -2.64. The smallest absolute Gasteiger partial charge is 0.335 e. The van der Waals surface area contributed by atoms with Crippen LogP contribution in [0.1, 0.15) is 83.1 Å². The van der Waals surface area contributed by atoms with Crippen molar-refractivity contribution in [3.8, 4) is 0 Å². The minimum absolute atomic E-state index is 0.0667. The van der Waals surface area contributed by atoms with E-state index in [1.165, 1.54) is 50.5 Å². The van der Waals surface area contributed by atoms with Crippen LogP contribution in [0.5, 0.6) is 0 Å². The van der Waals surface area contributed by atoms with E-state index in [9.17, 15) is 4.79 Å². The SMILES string of the molecule is COC1CCC2(C)C(CCC3C2CCC2(C)C(c4ccc(=O)oc4)CCC32OC)C1. The third-order valence-electron chi connectivity index (χ3n) is 10.6. The minimum Gasteiger partial charge on any atom is -0.431 e. The van der Waals surface area contributed by atoms with Crippen molar-refractivity contribution in [1.82, 2.24) is 0 Å². The molecule has 4 fully saturated rings. The molecule has 1 aromatic rings. The molecule has 30 heavy (non-hydrogen) atoms. The first-order valence-electron chi connectivity index (χ1n) is 12.0. The normalized spacial score (nSPS) is 47.9. The van der Waals surface area contributed by atoms with E-state index in [0.29, 0.717) is 23.4 Å². The van der Waals surface area contributed by atoms with Crippen LogP contribution in [0.25, 0.3) is 0 Å². The molecule has 0 saturated heterocycles. The average molecular weight is 415 g/mol.